The van der Waals surface area contributed by atoms with Crippen LogP contribution in [0.25, 0.3) is 11.4 Å². The monoisotopic (exact) mass is 545 g/mol. The van der Waals surface area contributed by atoms with Crippen molar-refractivity contribution < 1.29 is 14.2 Å². The third kappa shape index (κ3) is 7.21. The number of halogens is 1. The molecule has 0 N–H and O–H groups in total. The molecule has 0 saturated carbocycles. The smallest absolute Gasteiger partial charge is 0.161 e. The highest BCUT2D eigenvalue weighted by Crippen LogP contribution is 2.32. The summed E-state index contributed by atoms with van der Waals surface area (Å²) in [5.41, 5.74) is 4.43. The lowest BCUT2D eigenvalue weighted by molar-refractivity contribution is 0.0870. The second-order valence-electron chi connectivity index (χ2n) is 9.77. The molecule has 0 fully saturated rings. The Hall–Kier alpha value is -3.32. The van der Waals surface area contributed by atoms with E-state index < -0.39 is 0 Å². The van der Waals surface area contributed by atoms with E-state index in [4.69, 9.17) is 30.8 Å². The summed E-state index contributed by atoms with van der Waals surface area (Å²) in [6, 6.07) is 26.8. The predicted molar refractivity (Wildman–Crippen MR) is 155 cm³/mol. The topological polar surface area (TPSA) is 48.8 Å². The van der Waals surface area contributed by atoms with Crippen LogP contribution in [-0.2, 0) is 31.0 Å². The normalized spacial score (nSPS) is 12.7. The highest BCUT2D eigenvalue weighted by molar-refractivity contribution is 6.30. The van der Waals surface area contributed by atoms with Crippen LogP contribution < -0.4 is 9.47 Å². The third-order valence-corrected chi connectivity index (χ3v) is 7.14. The van der Waals surface area contributed by atoms with Crippen LogP contribution >= 0.6 is 11.6 Å². The fraction of sp³-hybridized carbons (Fsp3) is 0.344. The fourth-order valence-corrected chi connectivity index (χ4v) is 5.04. The lowest BCUT2D eigenvalue weighted by atomic mass is 10.1. The minimum atomic E-state index is 0.558. The number of rotatable bonds is 13. The van der Waals surface area contributed by atoms with Gasteiger partial charge in [-0.05, 0) is 29.7 Å². The number of ether oxygens (including phenoxy) is 3. The van der Waals surface area contributed by atoms with Crippen molar-refractivity contribution in [2.75, 3.05) is 26.4 Å². The maximum atomic E-state index is 6.84. The highest BCUT2D eigenvalue weighted by Gasteiger charge is 2.21. The largest absolute Gasteiger partial charge is 0.486 e. The molecular formula is C32H36ClN3O3. The summed E-state index contributed by atoms with van der Waals surface area (Å²) in [6.45, 7) is 7.56. The van der Waals surface area contributed by atoms with Crippen LogP contribution in [-0.4, -0.2) is 40.8 Å². The Morgan fingerprint density at radius 1 is 0.897 bits per heavy atom. The van der Waals surface area contributed by atoms with E-state index in [1.807, 2.05) is 42.5 Å². The summed E-state index contributed by atoms with van der Waals surface area (Å²) in [5.74, 6) is 2.52. The van der Waals surface area contributed by atoms with E-state index in [9.17, 15) is 0 Å². The van der Waals surface area contributed by atoms with Crippen molar-refractivity contribution in [3.05, 3.63) is 101 Å². The molecular weight excluding hydrogens is 510 g/mol. The van der Waals surface area contributed by atoms with Crippen LogP contribution in [0.5, 0.6) is 11.5 Å². The van der Waals surface area contributed by atoms with Crippen molar-refractivity contribution in [1.82, 2.24) is 14.5 Å². The molecule has 3 aromatic carbocycles. The summed E-state index contributed by atoms with van der Waals surface area (Å²) in [4.78, 5) is 7.19. The number of aromatic nitrogens is 2. The van der Waals surface area contributed by atoms with E-state index in [-0.39, 0.29) is 0 Å². The van der Waals surface area contributed by atoms with Gasteiger partial charge < -0.3 is 18.8 Å². The molecule has 0 unspecified atom stereocenters. The van der Waals surface area contributed by atoms with Crippen LogP contribution in [0.1, 0.15) is 36.6 Å². The Labute approximate surface area is 236 Å². The van der Waals surface area contributed by atoms with Crippen LogP contribution in [0.15, 0.2) is 78.9 Å². The summed E-state index contributed by atoms with van der Waals surface area (Å²) < 4.78 is 19.9. The van der Waals surface area contributed by atoms with Crippen LogP contribution in [0.2, 0.25) is 5.15 Å². The summed E-state index contributed by atoms with van der Waals surface area (Å²) >= 11 is 6.84. The second kappa shape index (κ2) is 13.7. The number of hydrogen-bond acceptors (Lipinski definition) is 5. The summed E-state index contributed by atoms with van der Waals surface area (Å²) in [5, 5.41) is 0.558. The van der Waals surface area contributed by atoms with E-state index in [1.54, 1.807) is 0 Å². The number of imidazole rings is 1. The molecule has 204 valence electrons. The lowest BCUT2D eigenvalue weighted by Crippen LogP contribution is -2.28. The zero-order valence-corrected chi connectivity index (χ0v) is 23.3. The van der Waals surface area contributed by atoms with E-state index >= 15 is 0 Å². The van der Waals surface area contributed by atoms with Gasteiger partial charge in [0.2, 0.25) is 0 Å². The van der Waals surface area contributed by atoms with Crippen molar-refractivity contribution in [3.63, 3.8) is 0 Å². The molecule has 0 atom stereocenters. The standard InChI is InChI=1S/C32H36ClN3O3/c1-2-3-16-36-28(31(33)34-32(36)27-12-8-5-9-13-27)23-35(17-18-37-24-25-10-6-4-7-11-25)22-26-14-15-29-30(21-26)39-20-19-38-29/h4-15,21H,2-3,16-20,22-24H2,1H3. The molecule has 7 heteroatoms. The molecule has 0 aliphatic carbocycles. The Morgan fingerprint density at radius 2 is 1.64 bits per heavy atom. The highest BCUT2D eigenvalue weighted by atomic mass is 35.5. The van der Waals surface area contributed by atoms with E-state index in [1.165, 1.54) is 5.56 Å². The average molecular weight is 546 g/mol. The van der Waals surface area contributed by atoms with Crippen molar-refractivity contribution >= 4 is 11.6 Å². The van der Waals surface area contributed by atoms with Crippen LogP contribution in [0.4, 0.5) is 0 Å². The first-order valence-corrected chi connectivity index (χ1v) is 14.1. The Balaban J connectivity index is 1.37. The third-order valence-electron chi connectivity index (χ3n) is 6.84. The van der Waals surface area contributed by atoms with Crippen molar-refractivity contribution in [2.45, 2.75) is 46.0 Å². The summed E-state index contributed by atoms with van der Waals surface area (Å²) in [7, 11) is 0. The first-order valence-electron chi connectivity index (χ1n) is 13.7. The molecule has 0 bridgehead atoms. The molecule has 39 heavy (non-hydrogen) atoms. The van der Waals surface area contributed by atoms with Crippen molar-refractivity contribution in [1.29, 1.82) is 0 Å². The Bertz CT molecular complexity index is 1330. The molecule has 0 saturated heterocycles. The molecule has 5 rings (SSSR count). The second-order valence-corrected chi connectivity index (χ2v) is 10.1. The van der Waals surface area contributed by atoms with Gasteiger partial charge in [-0.2, -0.15) is 0 Å². The minimum absolute atomic E-state index is 0.558. The maximum Gasteiger partial charge on any atom is 0.161 e. The van der Waals surface area contributed by atoms with Crippen LogP contribution in [0.3, 0.4) is 0 Å². The van der Waals surface area contributed by atoms with Gasteiger partial charge in [-0.15, -0.1) is 0 Å². The van der Waals surface area contributed by atoms with Gasteiger partial charge in [0.25, 0.3) is 0 Å². The average Bonchev–Trinajstić information content (AvgIpc) is 3.29. The first-order chi connectivity index (χ1) is 19.2. The van der Waals surface area contributed by atoms with Gasteiger partial charge in [0.05, 0.1) is 18.9 Å². The Morgan fingerprint density at radius 3 is 2.41 bits per heavy atom. The van der Waals surface area contributed by atoms with Gasteiger partial charge in [0.15, 0.2) is 16.7 Å². The molecule has 0 spiro atoms. The molecule has 0 radical (unpaired) electrons. The van der Waals surface area contributed by atoms with Gasteiger partial charge in [-0.25, -0.2) is 4.98 Å². The molecule has 1 aromatic heterocycles. The summed E-state index contributed by atoms with van der Waals surface area (Å²) in [6.07, 6.45) is 2.15. The molecule has 1 aliphatic rings. The predicted octanol–water partition coefficient (Wildman–Crippen LogP) is 6.99. The van der Waals surface area contributed by atoms with Gasteiger partial charge in [0, 0.05) is 31.7 Å². The molecule has 4 aromatic rings. The van der Waals surface area contributed by atoms with Crippen molar-refractivity contribution in [2.24, 2.45) is 0 Å². The fourth-order valence-electron chi connectivity index (χ4n) is 4.80. The quantitative estimate of drug-likeness (QED) is 0.169. The van der Waals surface area contributed by atoms with Gasteiger partial charge in [-0.1, -0.05) is 91.7 Å². The van der Waals surface area contributed by atoms with E-state index in [0.29, 0.717) is 38.1 Å². The SMILES string of the molecule is CCCCn1c(-c2ccccc2)nc(Cl)c1CN(CCOCc1ccccc1)Cc1ccc2c(c1)OCCO2. The number of benzene rings is 3. The van der Waals surface area contributed by atoms with Gasteiger partial charge >= 0.3 is 0 Å². The number of hydrogen-bond donors (Lipinski definition) is 0. The molecule has 2 heterocycles. The first kappa shape index (κ1) is 27.3. The number of unbranched alkanes of at least 4 members (excludes halogenated alkanes) is 1. The van der Waals surface area contributed by atoms with Crippen molar-refractivity contribution in [3.8, 4) is 22.9 Å². The molecule has 1 aliphatic heterocycles. The number of nitrogens with zero attached hydrogens (tertiary/aromatic N) is 3. The Kier molecular flexibility index (Phi) is 9.54. The zero-order chi connectivity index (χ0) is 26.9. The number of fused-ring (bicyclic) bond motifs is 1. The maximum absolute atomic E-state index is 6.84. The van der Waals surface area contributed by atoms with E-state index in [2.05, 4.69) is 52.8 Å². The molecule has 6 nitrogen and oxygen atoms in total. The minimum Gasteiger partial charge on any atom is -0.486 e. The molecule has 0 amide bonds. The van der Waals surface area contributed by atoms with Gasteiger partial charge in [0.1, 0.15) is 19.0 Å². The van der Waals surface area contributed by atoms with E-state index in [0.717, 1.165) is 66.6 Å². The van der Waals surface area contributed by atoms with Gasteiger partial charge in [-0.3, -0.25) is 4.90 Å². The zero-order valence-electron chi connectivity index (χ0n) is 22.5. The van der Waals surface area contributed by atoms with Crippen LogP contribution in [0, 0.1) is 0 Å². The lowest BCUT2D eigenvalue weighted by Gasteiger charge is -2.25.